The molecule has 2 N–H and O–H groups in total. The van der Waals surface area contributed by atoms with E-state index in [0.29, 0.717) is 36.6 Å². The summed E-state index contributed by atoms with van der Waals surface area (Å²) in [6.45, 7) is 4.29. The highest BCUT2D eigenvalue weighted by molar-refractivity contribution is 5.95. The van der Waals surface area contributed by atoms with Gasteiger partial charge in [-0.1, -0.05) is 12.5 Å². The number of nitrogens with two attached hydrogens (primary N) is 1. The summed E-state index contributed by atoms with van der Waals surface area (Å²) in [5.41, 5.74) is 6.79. The van der Waals surface area contributed by atoms with E-state index in [1.54, 1.807) is 23.1 Å². The number of pyridine rings is 1. The molecule has 0 spiro atoms. The summed E-state index contributed by atoms with van der Waals surface area (Å²) in [5.74, 6) is 6.87. The van der Waals surface area contributed by atoms with Gasteiger partial charge in [-0.2, -0.15) is 5.10 Å². The highest BCUT2D eigenvalue weighted by atomic mass is 19.3. The van der Waals surface area contributed by atoms with Gasteiger partial charge in [0.2, 0.25) is 5.91 Å². The third-order valence-corrected chi connectivity index (χ3v) is 5.69. The van der Waals surface area contributed by atoms with E-state index in [4.69, 9.17) is 15.2 Å². The minimum absolute atomic E-state index is 0.0511. The van der Waals surface area contributed by atoms with Gasteiger partial charge in [0, 0.05) is 30.9 Å². The molecule has 3 heterocycles. The first-order valence-electron chi connectivity index (χ1n) is 10.5. The standard InChI is InChI=1S/C24H23F2N5O3/c1-4-20(32)30-8-7-15(13-30)31-22-18(23(25)26)12-28-24(27)21(22)19(29-31)6-5-14-9-16(33-2)11-17(10-14)34-3/h4,9-12,15,23H,1,7-8,13H2,2-3H3,(H2,27,28). The number of likely N-dealkylation sites (tertiary alicyclic amines) is 1. The first-order chi connectivity index (χ1) is 16.4. The second-order valence-corrected chi connectivity index (χ2v) is 7.70. The quantitative estimate of drug-likeness (QED) is 0.457. The number of rotatable bonds is 5. The van der Waals surface area contributed by atoms with Gasteiger partial charge in [0.25, 0.3) is 6.43 Å². The maximum Gasteiger partial charge on any atom is 0.267 e. The Bertz CT molecular complexity index is 1300. The van der Waals surface area contributed by atoms with Crippen LogP contribution in [0.25, 0.3) is 10.9 Å². The number of hydrogen-bond donors (Lipinski definition) is 1. The maximum atomic E-state index is 13.9. The molecule has 0 radical (unpaired) electrons. The van der Waals surface area contributed by atoms with Crippen molar-refractivity contribution in [2.75, 3.05) is 33.0 Å². The Morgan fingerprint density at radius 2 is 1.97 bits per heavy atom. The number of carbonyl (C=O) groups is 1. The van der Waals surface area contributed by atoms with Crippen LogP contribution in [-0.2, 0) is 4.79 Å². The van der Waals surface area contributed by atoms with Crippen LogP contribution >= 0.6 is 0 Å². The number of ether oxygens (including phenoxy) is 2. The second kappa shape index (κ2) is 9.39. The number of nitrogen functional groups attached to an aromatic ring is 1. The summed E-state index contributed by atoms with van der Waals surface area (Å²) in [5, 5.41) is 4.82. The Morgan fingerprint density at radius 3 is 2.59 bits per heavy atom. The summed E-state index contributed by atoms with van der Waals surface area (Å²) in [6, 6.07) is 4.83. The van der Waals surface area contributed by atoms with Crippen LogP contribution in [0.4, 0.5) is 14.6 Å². The van der Waals surface area contributed by atoms with Crippen LogP contribution in [0.1, 0.15) is 35.7 Å². The lowest BCUT2D eigenvalue weighted by atomic mass is 10.1. The Morgan fingerprint density at radius 1 is 1.26 bits per heavy atom. The topological polar surface area (TPSA) is 95.5 Å². The summed E-state index contributed by atoms with van der Waals surface area (Å²) in [6.07, 6.45) is 0.0462. The van der Waals surface area contributed by atoms with Crippen LogP contribution in [0.3, 0.4) is 0 Å². The monoisotopic (exact) mass is 467 g/mol. The lowest BCUT2D eigenvalue weighted by Gasteiger charge is -2.16. The smallest absolute Gasteiger partial charge is 0.267 e. The van der Waals surface area contributed by atoms with Gasteiger partial charge in [-0.05, 0) is 30.6 Å². The number of halogens is 2. The molecule has 1 amide bonds. The first-order valence-corrected chi connectivity index (χ1v) is 10.5. The van der Waals surface area contributed by atoms with Crippen LogP contribution in [0.15, 0.2) is 37.1 Å². The third-order valence-electron chi connectivity index (χ3n) is 5.69. The van der Waals surface area contributed by atoms with E-state index in [2.05, 4.69) is 28.5 Å². The lowest BCUT2D eigenvalue weighted by Crippen LogP contribution is -2.27. The molecule has 0 saturated carbocycles. The molecule has 1 aliphatic rings. The number of aromatic nitrogens is 3. The number of nitrogens with zero attached hydrogens (tertiary/aromatic N) is 4. The minimum Gasteiger partial charge on any atom is -0.497 e. The Balaban J connectivity index is 1.85. The number of fused-ring (bicyclic) bond motifs is 1. The van der Waals surface area contributed by atoms with E-state index in [1.807, 2.05) is 0 Å². The number of alkyl halides is 2. The number of carbonyl (C=O) groups excluding carboxylic acids is 1. The fourth-order valence-electron chi connectivity index (χ4n) is 4.01. The molecule has 4 rings (SSSR count). The van der Waals surface area contributed by atoms with E-state index in [0.717, 1.165) is 6.20 Å². The number of hydrogen-bond acceptors (Lipinski definition) is 6. The van der Waals surface area contributed by atoms with Crippen molar-refractivity contribution in [2.24, 2.45) is 0 Å². The molecule has 1 unspecified atom stereocenters. The largest absolute Gasteiger partial charge is 0.497 e. The van der Waals surface area contributed by atoms with Crippen molar-refractivity contribution in [1.29, 1.82) is 0 Å². The zero-order chi connectivity index (χ0) is 24.4. The van der Waals surface area contributed by atoms with Crippen molar-refractivity contribution >= 4 is 22.6 Å². The van der Waals surface area contributed by atoms with Gasteiger partial charge < -0.3 is 20.1 Å². The maximum absolute atomic E-state index is 13.9. The third kappa shape index (κ3) is 4.24. The van der Waals surface area contributed by atoms with E-state index in [1.165, 1.54) is 25.0 Å². The van der Waals surface area contributed by atoms with Gasteiger partial charge in [0.15, 0.2) is 0 Å². The van der Waals surface area contributed by atoms with Crippen molar-refractivity contribution < 1.29 is 23.0 Å². The van der Waals surface area contributed by atoms with E-state index in [9.17, 15) is 13.6 Å². The molecule has 8 nitrogen and oxygen atoms in total. The average molecular weight is 467 g/mol. The van der Waals surface area contributed by atoms with E-state index >= 15 is 0 Å². The molecule has 1 aromatic carbocycles. The Labute approximate surface area is 194 Å². The second-order valence-electron chi connectivity index (χ2n) is 7.70. The zero-order valence-corrected chi connectivity index (χ0v) is 18.7. The van der Waals surface area contributed by atoms with Gasteiger partial charge in [0.1, 0.15) is 23.0 Å². The van der Waals surface area contributed by atoms with Gasteiger partial charge in [0.05, 0.1) is 36.7 Å². The van der Waals surface area contributed by atoms with E-state index < -0.39 is 6.43 Å². The molecule has 176 valence electrons. The Hall–Kier alpha value is -4.13. The fraction of sp³-hybridized carbons (Fsp3) is 0.292. The number of methoxy groups -OCH3 is 2. The van der Waals surface area contributed by atoms with Crippen LogP contribution in [0, 0.1) is 11.8 Å². The van der Waals surface area contributed by atoms with Crippen molar-refractivity contribution in [3.8, 4) is 23.3 Å². The molecule has 0 bridgehead atoms. The van der Waals surface area contributed by atoms with E-state index in [-0.39, 0.29) is 39.9 Å². The van der Waals surface area contributed by atoms with Crippen molar-refractivity contribution in [2.45, 2.75) is 18.9 Å². The van der Waals surface area contributed by atoms with Gasteiger partial charge in [-0.15, -0.1) is 0 Å². The molecule has 10 heteroatoms. The van der Waals surface area contributed by atoms with Crippen LogP contribution < -0.4 is 15.2 Å². The lowest BCUT2D eigenvalue weighted by molar-refractivity contribution is -0.125. The molecule has 1 aliphatic heterocycles. The average Bonchev–Trinajstić information content (AvgIpc) is 3.47. The highest BCUT2D eigenvalue weighted by Crippen LogP contribution is 2.35. The molecule has 1 atom stereocenters. The highest BCUT2D eigenvalue weighted by Gasteiger charge is 2.31. The molecular weight excluding hydrogens is 444 g/mol. The fourth-order valence-corrected chi connectivity index (χ4v) is 4.01. The van der Waals surface area contributed by atoms with Crippen molar-refractivity contribution in [1.82, 2.24) is 19.7 Å². The predicted molar refractivity (Wildman–Crippen MR) is 123 cm³/mol. The number of benzene rings is 1. The number of anilines is 1. The van der Waals surface area contributed by atoms with Crippen LogP contribution in [-0.4, -0.2) is 52.9 Å². The molecule has 2 aromatic heterocycles. The van der Waals surface area contributed by atoms with Gasteiger partial charge in [-0.3, -0.25) is 9.48 Å². The summed E-state index contributed by atoms with van der Waals surface area (Å²) >= 11 is 0. The number of amides is 1. The Kier molecular flexibility index (Phi) is 6.36. The van der Waals surface area contributed by atoms with Crippen molar-refractivity contribution in [3.63, 3.8) is 0 Å². The first kappa shape index (κ1) is 23.0. The minimum atomic E-state index is -2.79. The molecule has 1 saturated heterocycles. The molecule has 0 aliphatic carbocycles. The molecule has 1 fully saturated rings. The summed E-state index contributed by atoms with van der Waals surface area (Å²) in [7, 11) is 3.06. The summed E-state index contributed by atoms with van der Waals surface area (Å²) < 4.78 is 39.9. The SMILES string of the molecule is C=CC(=O)N1CCC(n2nc(C#Cc3cc(OC)cc(OC)c3)c3c(N)ncc(C(F)F)c32)C1. The molecular formula is C24H23F2N5O3. The van der Waals surface area contributed by atoms with Crippen molar-refractivity contribution in [3.05, 3.63) is 53.9 Å². The molecule has 3 aromatic rings. The van der Waals surface area contributed by atoms with Gasteiger partial charge in [-0.25, -0.2) is 13.8 Å². The summed E-state index contributed by atoms with van der Waals surface area (Å²) in [4.78, 5) is 17.6. The zero-order valence-electron chi connectivity index (χ0n) is 18.7. The van der Waals surface area contributed by atoms with Gasteiger partial charge >= 0.3 is 0 Å². The van der Waals surface area contributed by atoms with Crippen LogP contribution in [0.2, 0.25) is 0 Å². The van der Waals surface area contributed by atoms with Crippen LogP contribution in [0.5, 0.6) is 11.5 Å². The predicted octanol–water partition coefficient (Wildman–Crippen LogP) is 3.33. The normalized spacial score (nSPS) is 15.3. The molecule has 34 heavy (non-hydrogen) atoms.